The van der Waals surface area contributed by atoms with Crippen molar-refractivity contribution in [2.45, 2.75) is 26.2 Å². The SMILES string of the molecule is C=C/C(=C\C=C(/C)C(=O)C1C(=O)CCCC1=O)S(C)(=O)=O. The quantitative estimate of drug-likeness (QED) is 0.437. The summed E-state index contributed by atoms with van der Waals surface area (Å²) in [5.74, 6) is -2.51. The Morgan fingerprint density at radius 1 is 1.19 bits per heavy atom. The molecule has 1 fully saturated rings. The van der Waals surface area contributed by atoms with Gasteiger partial charge in [0.2, 0.25) is 0 Å². The molecule has 0 atom stereocenters. The van der Waals surface area contributed by atoms with E-state index in [0.717, 1.165) is 6.26 Å². The van der Waals surface area contributed by atoms with Crippen LogP contribution in [0.1, 0.15) is 26.2 Å². The molecule has 0 spiro atoms. The first kappa shape index (κ1) is 17.2. The van der Waals surface area contributed by atoms with Crippen LogP contribution in [0.3, 0.4) is 0 Å². The fourth-order valence-electron chi connectivity index (χ4n) is 2.06. The van der Waals surface area contributed by atoms with Crippen LogP contribution in [0.15, 0.2) is 35.3 Å². The molecule has 0 heterocycles. The van der Waals surface area contributed by atoms with Gasteiger partial charge in [-0.15, -0.1) is 0 Å². The molecule has 114 valence electrons. The van der Waals surface area contributed by atoms with Gasteiger partial charge in [0, 0.05) is 19.1 Å². The third-order valence-electron chi connectivity index (χ3n) is 3.27. The summed E-state index contributed by atoms with van der Waals surface area (Å²) in [6, 6.07) is 0. The van der Waals surface area contributed by atoms with E-state index in [1.165, 1.54) is 25.2 Å². The van der Waals surface area contributed by atoms with E-state index >= 15 is 0 Å². The summed E-state index contributed by atoms with van der Waals surface area (Å²) < 4.78 is 22.8. The van der Waals surface area contributed by atoms with Gasteiger partial charge in [-0.3, -0.25) is 14.4 Å². The zero-order chi connectivity index (χ0) is 16.2. The summed E-state index contributed by atoms with van der Waals surface area (Å²) in [6.07, 6.45) is 5.68. The molecule has 0 aliphatic heterocycles. The average molecular weight is 310 g/mol. The second kappa shape index (κ2) is 6.76. The van der Waals surface area contributed by atoms with Crippen molar-refractivity contribution in [1.29, 1.82) is 0 Å². The first-order valence-corrected chi connectivity index (χ1v) is 8.38. The second-order valence-electron chi connectivity index (χ2n) is 4.98. The smallest absolute Gasteiger partial charge is 0.176 e. The predicted molar refractivity (Wildman–Crippen MR) is 79.2 cm³/mol. The molecule has 21 heavy (non-hydrogen) atoms. The summed E-state index contributed by atoms with van der Waals surface area (Å²) >= 11 is 0. The highest BCUT2D eigenvalue weighted by Crippen LogP contribution is 2.21. The van der Waals surface area contributed by atoms with Gasteiger partial charge >= 0.3 is 0 Å². The summed E-state index contributed by atoms with van der Waals surface area (Å²) in [7, 11) is -3.43. The maximum absolute atomic E-state index is 12.2. The van der Waals surface area contributed by atoms with Crippen LogP contribution < -0.4 is 0 Å². The van der Waals surface area contributed by atoms with Gasteiger partial charge in [-0.05, 0) is 25.0 Å². The number of sulfone groups is 1. The fourth-order valence-corrected chi connectivity index (χ4v) is 2.68. The van der Waals surface area contributed by atoms with Gasteiger partial charge in [0.25, 0.3) is 0 Å². The highest BCUT2D eigenvalue weighted by Gasteiger charge is 2.36. The Balaban J connectivity index is 3.04. The number of rotatable bonds is 5. The van der Waals surface area contributed by atoms with Crippen molar-refractivity contribution in [3.05, 3.63) is 35.3 Å². The lowest BCUT2D eigenvalue weighted by atomic mass is 9.82. The highest BCUT2D eigenvalue weighted by atomic mass is 32.2. The topological polar surface area (TPSA) is 85.3 Å². The Kier molecular flexibility index (Phi) is 5.54. The molecule has 0 aromatic carbocycles. The maximum Gasteiger partial charge on any atom is 0.176 e. The molecule has 1 rings (SSSR count). The zero-order valence-electron chi connectivity index (χ0n) is 12.1. The van der Waals surface area contributed by atoms with Crippen LogP contribution >= 0.6 is 0 Å². The molecule has 0 N–H and O–H groups in total. The second-order valence-corrected chi connectivity index (χ2v) is 6.99. The van der Waals surface area contributed by atoms with E-state index in [0.29, 0.717) is 6.42 Å². The molecule has 0 saturated heterocycles. The van der Waals surface area contributed by atoms with Crippen molar-refractivity contribution in [2.75, 3.05) is 6.26 Å². The minimum atomic E-state index is -3.43. The number of hydrogen-bond donors (Lipinski definition) is 0. The normalized spacial score (nSPS) is 18.8. The molecule has 1 aliphatic carbocycles. The minimum Gasteiger partial charge on any atom is -0.298 e. The molecule has 0 aromatic heterocycles. The number of allylic oxidation sites excluding steroid dienone is 4. The lowest BCUT2D eigenvalue weighted by Gasteiger charge is -2.18. The van der Waals surface area contributed by atoms with E-state index in [1.54, 1.807) is 0 Å². The average Bonchev–Trinajstić information content (AvgIpc) is 2.37. The van der Waals surface area contributed by atoms with Crippen molar-refractivity contribution in [3.8, 4) is 0 Å². The molecular weight excluding hydrogens is 292 g/mol. The predicted octanol–water partition coefficient (Wildman–Crippen LogP) is 1.55. The van der Waals surface area contributed by atoms with Crippen LogP contribution in [0.2, 0.25) is 0 Å². The van der Waals surface area contributed by atoms with Crippen molar-refractivity contribution in [1.82, 2.24) is 0 Å². The molecule has 0 bridgehead atoms. The lowest BCUT2D eigenvalue weighted by Crippen LogP contribution is -2.35. The van der Waals surface area contributed by atoms with Crippen LogP contribution in [0, 0.1) is 5.92 Å². The van der Waals surface area contributed by atoms with E-state index in [1.807, 2.05) is 0 Å². The van der Waals surface area contributed by atoms with E-state index in [-0.39, 0.29) is 34.9 Å². The summed E-state index contributed by atoms with van der Waals surface area (Å²) in [5, 5.41) is 0. The molecule has 5 nitrogen and oxygen atoms in total. The Morgan fingerprint density at radius 3 is 2.14 bits per heavy atom. The molecule has 0 amide bonds. The Hall–Kier alpha value is -1.82. The van der Waals surface area contributed by atoms with Crippen molar-refractivity contribution >= 4 is 27.2 Å². The fraction of sp³-hybridized carbons (Fsp3) is 0.400. The summed E-state index contributed by atoms with van der Waals surface area (Å²) in [4.78, 5) is 35.5. The van der Waals surface area contributed by atoms with E-state index < -0.39 is 21.5 Å². The van der Waals surface area contributed by atoms with Crippen LogP contribution in [0.25, 0.3) is 0 Å². The number of carbonyl (C=O) groups is 3. The molecule has 0 aromatic rings. The van der Waals surface area contributed by atoms with Gasteiger partial charge in [0.15, 0.2) is 27.2 Å². The van der Waals surface area contributed by atoms with Gasteiger partial charge in [-0.1, -0.05) is 18.7 Å². The number of Topliss-reactive ketones (excluding diaryl/α,β-unsaturated/α-hetero) is 3. The molecule has 0 radical (unpaired) electrons. The first-order chi connectivity index (χ1) is 9.68. The number of hydrogen-bond acceptors (Lipinski definition) is 5. The zero-order valence-corrected chi connectivity index (χ0v) is 12.9. The van der Waals surface area contributed by atoms with Gasteiger partial charge in [0.1, 0.15) is 5.92 Å². The molecular formula is C15H18O5S. The number of carbonyl (C=O) groups excluding carboxylic acids is 3. The van der Waals surface area contributed by atoms with E-state index in [4.69, 9.17) is 0 Å². The third kappa shape index (κ3) is 4.32. The summed E-state index contributed by atoms with van der Waals surface area (Å²) in [5.41, 5.74) is 0.173. The first-order valence-electron chi connectivity index (χ1n) is 6.49. The van der Waals surface area contributed by atoms with Crippen LogP contribution in [0.5, 0.6) is 0 Å². The van der Waals surface area contributed by atoms with Crippen LogP contribution in [-0.4, -0.2) is 32.0 Å². The monoisotopic (exact) mass is 310 g/mol. The Bertz CT molecular complexity index is 634. The Labute approximate surface area is 124 Å². The highest BCUT2D eigenvalue weighted by molar-refractivity contribution is 7.94. The maximum atomic E-state index is 12.2. The lowest BCUT2D eigenvalue weighted by molar-refractivity contribution is -0.140. The molecule has 0 unspecified atom stereocenters. The molecule has 6 heteroatoms. The minimum absolute atomic E-state index is 0.0315. The van der Waals surface area contributed by atoms with Crippen LogP contribution in [-0.2, 0) is 24.2 Å². The van der Waals surface area contributed by atoms with E-state index in [2.05, 4.69) is 6.58 Å². The van der Waals surface area contributed by atoms with Crippen molar-refractivity contribution in [2.24, 2.45) is 5.92 Å². The van der Waals surface area contributed by atoms with Crippen LogP contribution in [0.4, 0.5) is 0 Å². The standard InChI is InChI=1S/C15H18O5S/c1-4-11(21(3,19)20)9-8-10(2)15(18)14-12(16)6-5-7-13(14)17/h4,8-9,14H,1,5-7H2,2-3H3/b10-8+,11-9+. The van der Waals surface area contributed by atoms with Gasteiger partial charge < -0.3 is 0 Å². The molecule has 1 aliphatic rings. The summed E-state index contributed by atoms with van der Waals surface area (Å²) in [6.45, 7) is 4.85. The van der Waals surface area contributed by atoms with E-state index in [9.17, 15) is 22.8 Å². The van der Waals surface area contributed by atoms with Crippen molar-refractivity contribution in [3.63, 3.8) is 0 Å². The number of ketones is 3. The third-order valence-corrected chi connectivity index (χ3v) is 4.43. The Morgan fingerprint density at radius 2 is 1.71 bits per heavy atom. The van der Waals surface area contributed by atoms with Gasteiger partial charge in [0.05, 0.1) is 4.91 Å². The van der Waals surface area contributed by atoms with Crippen molar-refractivity contribution < 1.29 is 22.8 Å². The molecule has 1 saturated carbocycles. The largest absolute Gasteiger partial charge is 0.298 e. The van der Waals surface area contributed by atoms with Gasteiger partial charge in [-0.25, -0.2) is 8.42 Å². The van der Waals surface area contributed by atoms with Gasteiger partial charge in [-0.2, -0.15) is 0 Å².